The van der Waals surface area contributed by atoms with Crippen LogP contribution in [-0.4, -0.2) is 16.2 Å². The van der Waals surface area contributed by atoms with E-state index in [-0.39, 0.29) is 0 Å². The van der Waals surface area contributed by atoms with Crippen molar-refractivity contribution in [1.82, 2.24) is 9.55 Å². The van der Waals surface area contributed by atoms with Crippen LogP contribution in [0.5, 0.6) is 5.75 Å². The van der Waals surface area contributed by atoms with E-state index in [1.54, 1.807) is 0 Å². The molecule has 3 rings (SSSR count). The van der Waals surface area contributed by atoms with E-state index in [0.717, 1.165) is 25.3 Å². The highest BCUT2D eigenvalue weighted by atomic mass is 16.5. The van der Waals surface area contributed by atoms with Crippen LogP contribution in [0.15, 0.2) is 36.9 Å². The summed E-state index contributed by atoms with van der Waals surface area (Å²) in [4.78, 5) is 4.08. The van der Waals surface area contributed by atoms with E-state index in [0.29, 0.717) is 5.92 Å². The number of imidazole rings is 1. The van der Waals surface area contributed by atoms with Gasteiger partial charge in [-0.2, -0.15) is 0 Å². The van der Waals surface area contributed by atoms with Crippen LogP contribution in [0.25, 0.3) is 6.08 Å². The Morgan fingerprint density at radius 1 is 1.22 bits per heavy atom. The highest BCUT2D eigenvalue weighted by Gasteiger charge is 2.17. The third kappa shape index (κ3) is 4.04. The summed E-state index contributed by atoms with van der Waals surface area (Å²) in [5.41, 5.74) is 4.26. The average Bonchev–Trinajstić information content (AvgIpc) is 3.07. The molecule has 0 radical (unpaired) electrons. The molecule has 3 nitrogen and oxygen atoms in total. The third-order valence-electron chi connectivity index (χ3n) is 4.27. The maximum atomic E-state index is 6.05. The van der Waals surface area contributed by atoms with Crippen LogP contribution in [0, 0.1) is 5.92 Å². The van der Waals surface area contributed by atoms with E-state index < -0.39 is 0 Å². The van der Waals surface area contributed by atoms with E-state index in [9.17, 15) is 0 Å². The van der Waals surface area contributed by atoms with Crippen molar-refractivity contribution in [2.24, 2.45) is 5.92 Å². The van der Waals surface area contributed by atoms with Gasteiger partial charge in [0.25, 0.3) is 0 Å². The summed E-state index contributed by atoms with van der Waals surface area (Å²) >= 11 is 0. The minimum absolute atomic E-state index is 0.559. The predicted molar refractivity (Wildman–Crippen MR) is 94.7 cm³/mol. The van der Waals surface area contributed by atoms with Crippen LogP contribution < -0.4 is 4.74 Å². The Morgan fingerprint density at radius 2 is 2.04 bits per heavy atom. The smallest absolute Gasteiger partial charge is 0.122 e. The maximum Gasteiger partial charge on any atom is 0.122 e. The van der Waals surface area contributed by atoms with Crippen LogP contribution >= 0.6 is 0 Å². The molecule has 0 atom stereocenters. The Kier molecular flexibility index (Phi) is 5.16. The average molecular weight is 310 g/mol. The molecule has 1 aliphatic carbocycles. The van der Waals surface area contributed by atoms with Gasteiger partial charge in [-0.3, -0.25) is 0 Å². The van der Waals surface area contributed by atoms with Gasteiger partial charge in [-0.05, 0) is 54.4 Å². The first kappa shape index (κ1) is 15.9. The molecule has 0 bridgehead atoms. The molecular formula is C20H26N2O. The van der Waals surface area contributed by atoms with E-state index in [1.807, 2.05) is 18.7 Å². The zero-order valence-corrected chi connectivity index (χ0v) is 14.2. The molecule has 122 valence electrons. The number of nitrogens with zero attached hydrogens (tertiary/aromatic N) is 2. The van der Waals surface area contributed by atoms with Crippen molar-refractivity contribution in [3.05, 3.63) is 53.6 Å². The van der Waals surface area contributed by atoms with Crippen molar-refractivity contribution in [3.63, 3.8) is 0 Å². The highest BCUT2D eigenvalue weighted by molar-refractivity contribution is 5.60. The second-order valence-electron chi connectivity index (χ2n) is 6.68. The minimum Gasteiger partial charge on any atom is -0.493 e. The fourth-order valence-corrected chi connectivity index (χ4v) is 3.11. The Bertz CT molecular complexity index is 657. The second-order valence-corrected chi connectivity index (χ2v) is 6.68. The van der Waals surface area contributed by atoms with Crippen molar-refractivity contribution >= 4 is 6.08 Å². The molecule has 2 aromatic rings. The van der Waals surface area contributed by atoms with Gasteiger partial charge in [0.1, 0.15) is 5.75 Å². The summed E-state index contributed by atoms with van der Waals surface area (Å²) in [6, 6.07) is 4.37. The topological polar surface area (TPSA) is 27.1 Å². The van der Waals surface area contributed by atoms with Crippen molar-refractivity contribution in [1.29, 1.82) is 0 Å². The number of benzene rings is 1. The van der Waals surface area contributed by atoms with E-state index in [1.165, 1.54) is 36.0 Å². The summed E-state index contributed by atoms with van der Waals surface area (Å²) in [6.45, 7) is 6.04. The van der Waals surface area contributed by atoms with Gasteiger partial charge in [-0.1, -0.05) is 32.1 Å². The first-order valence-corrected chi connectivity index (χ1v) is 8.64. The molecular weight excluding hydrogens is 284 g/mol. The van der Waals surface area contributed by atoms with Crippen LogP contribution in [0.4, 0.5) is 0 Å². The quantitative estimate of drug-likeness (QED) is 0.785. The van der Waals surface area contributed by atoms with Gasteiger partial charge in [0, 0.05) is 18.9 Å². The fraction of sp³-hybridized carbons (Fsp3) is 0.450. The van der Waals surface area contributed by atoms with E-state index >= 15 is 0 Å². The predicted octanol–water partition coefficient (Wildman–Crippen LogP) is 4.51. The SMILES string of the molecule is CC(C)COc1ccc(/C=C/Cn2ccnc2)c2c1CCCC2. The molecule has 0 amide bonds. The van der Waals surface area contributed by atoms with E-state index in [4.69, 9.17) is 4.74 Å². The zero-order chi connectivity index (χ0) is 16.1. The molecule has 0 unspecified atom stereocenters. The number of hydrogen-bond donors (Lipinski definition) is 0. The molecule has 0 spiro atoms. The number of fused-ring (bicyclic) bond motifs is 1. The summed E-state index contributed by atoms with van der Waals surface area (Å²) in [6.07, 6.45) is 15.0. The van der Waals surface area contributed by atoms with Crippen LogP contribution in [0.3, 0.4) is 0 Å². The summed E-state index contributed by atoms with van der Waals surface area (Å²) in [7, 11) is 0. The molecule has 3 heteroatoms. The molecule has 0 N–H and O–H groups in total. The highest BCUT2D eigenvalue weighted by Crippen LogP contribution is 2.33. The fourth-order valence-electron chi connectivity index (χ4n) is 3.11. The van der Waals surface area contributed by atoms with Gasteiger partial charge >= 0.3 is 0 Å². The first-order chi connectivity index (χ1) is 11.2. The van der Waals surface area contributed by atoms with Crippen molar-refractivity contribution in [3.8, 4) is 5.75 Å². The van der Waals surface area contributed by atoms with Gasteiger partial charge in [-0.25, -0.2) is 4.98 Å². The second kappa shape index (κ2) is 7.49. The Labute approximate surface area is 139 Å². The summed E-state index contributed by atoms with van der Waals surface area (Å²) < 4.78 is 8.12. The molecule has 23 heavy (non-hydrogen) atoms. The van der Waals surface area contributed by atoms with Crippen molar-refractivity contribution in [2.75, 3.05) is 6.61 Å². The molecule has 1 aromatic carbocycles. The lowest BCUT2D eigenvalue weighted by atomic mass is 9.87. The maximum absolute atomic E-state index is 6.05. The number of aromatic nitrogens is 2. The lowest BCUT2D eigenvalue weighted by Gasteiger charge is -2.22. The standard InChI is InChI=1S/C20H26N2O/c1-16(2)14-23-20-10-9-17(18-7-3-4-8-19(18)20)6-5-12-22-13-11-21-15-22/h5-6,9-11,13,15-16H,3-4,7-8,12,14H2,1-2H3/b6-5+. The van der Waals surface area contributed by atoms with E-state index in [2.05, 4.69) is 47.7 Å². The zero-order valence-electron chi connectivity index (χ0n) is 14.2. The molecule has 1 heterocycles. The monoisotopic (exact) mass is 310 g/mol. The molecule has 0 saturated heterocycles. The van der Waals surface area contributed by atoms with Gasteiger partial charge in [0.15, 0.2) is 0 Å². The number of ether oxygens (including phenoxy) is 1. The Morgan fingerprint density at radius 3 is 2.78 bits per heavy atom. The molecule has 0 saturated carbocycles. The third-order valence-corrected chi connectivity index (χ3v) is 4.27. The van der Waals surface area contributed by atoms with Gasteiger partial charge in [0.05, 0.1) is 12.9 Å². The molecule has 0 aliphatic heterocycles. The molecule has 1 aromatic heterocycles. The first-order valence-electron chi connectivity index (χ1n) is 8.64. The van der Waals surface area contributed by atoms with Crippen molar-refractivity contribution in [2.45, 2.75) is 46.1 Å². The lowest BCUT2D eigenvalue weighted by Crippen LogP contribution is -2.11. The Balaban J connectivity index is 1.79. The summed E-state index contributed by atoms with van der Waals surface area (Å²) in [5.74, 6) is 1.66. The molecule has 0 fully saturated rings. The van der Waals surface area contributed by atoms with Crippen LogP contribution in [0.2, 0.25) is 0 Å². The van der Waals surface area contributed by atoms with Gasteiger partial charge in [-0.15, -0.1) is 0 Å². The largest absolute Gasteiger partial charge is 0.493 e. The number of hydrogen-bond acceptors (Lipinski definition) is 2. The van der Waals surface area contributed by atoms with Crippen LogP contribution in [0.1, 0.15) is 43.4 Å². The summed E-state index contributed by atoms with van der Waals surface area (Å²) in [5, 5.41) is 0. The van der Waals surface area contributed by atoms with Crippen LogP contribution in [-0.2, 0) is 19.4 Å². The lowest BCUT2D eigenvalue weighted by molar-refractivity contribution is 0.267. The van der Waals surface area contributed by atoms with Gasteiger partial charge < -0.3 is 9.30 Å². The minimum atomic E-state index is 0.559. The number of allylic oxidation sites excluding steroid dienone is 1. The molecule has 1 aliphatic rings. The Hall–Kier alpha value is -2.03. The van der Waals surface area contributed by atoms with Crippen molar-refractivity contribution < 1.29 is 4.74 Å². The van der Waals surface area contributed by atoms with Gasteiger partial charge in [0.2, 0.25) is 0 Å². The normalized spacial score (nSPS) is 14.4. The number of rotatable bonds is 6.